The molecule has 6 heteroatoms. The molecule has 1 aliphatic carbocycles. The number of aromatic amines is 1. The number of hydrogen-bond donors (Lipinski definition) is 2. The van der Waals surface area contributed by atoms with Crippen LogP contribution in [0.5, 0.6) is 0 Å². The van der Waals surface area contributed by atoms with Crippen molar-refractivity contribution in [1.29, 1.82) is 0 Å². The standard InChI is InChI=1S/C14H17N3O2S/c1-9-3-4-10-11(13(9)17-20(2,18)19)5-6-12(10)14-15-7-8-16-14/h3-4,7-8,12,17H,5-6H2,1-2H3,(H,15,16). The van der Waals surface area contributed by atoms with Gasteiger partial charge in [-0.3, -0.25) is 4.72 Å². The van der Waals surface area contributed by atoms with Crippen LogP contribution in [0.2, 0.25) is 0 Å². The van der Waals surface area contributed by atoms with Gasteiger partial charge in [-0.15, -0.1) is 0 Å². The number of nitrogens with zero attached hydrogens (tertiary/aromatic N) is 1. The molecule has 3 rings (SSSR count). The monoisotopic (exact) mass is 291 g/mol. The largest absolute Gasteiger partial charge is 0.348 e. The van der Waals surface area contributed by atoms with E-state index in [1.807, 2.05) is 19.2 Å². The number of sulfonamides is 1. The Balaban J connectivity index is 2.08. The van der Waals surface area contributed by atoms with Gasteiger partial charge in [0.05, 0.1) is 11.9 Å². The molecule has 1 aliphatic rings. The third kappa shape index (κ3) is 2.31. The van der Waals surface area contributed by atoms with Gasteiger partial charge in [-0.1, -0.05) is 12.1 Å². The summed E-state index contributed by atoms with van der Waals surface area (Å²) in [6.45, 7) is 1.92. The quantitative estimate of drug-likeness (QED) is 0.910. The maximum atomic E-state index is 11.5. The summed E-state index contributed by atoms with van der Waals surface area (Å²) in [5, 5.41) is 0. The Hall–Kier alpha value is -1.82. The lowest BCUT2D eigenvalue weighted by Gasteiger charge is -2.14. The summed E-state index contributed by atoms with van der Waals surface area (Å²) in [7, 11) is -3.27. The van der Waals surface area contributed by atoms with Crippen LogP contribution in [0.3, 0.4) is 0 Å². The van der Waals surface area contributed by atoms with Gasteiger partial charge < -0.3 is 4.98 Å². The molecule has 0 saturated carbocycles. The number of nitrogens with one attached hydrogen (secondary N) is 2. The van der Waals surface area contributed by atoms with Gasteiger partial charge in [-0.2, -0.15) is 0 Å². The van der Waals surface area contributed by atoms with Gasteiger partial charge in [0.15, 0.2) is 0 Å². The number of imidazole rings is 1. The molecule has 1 aromatic heterocycles. The topological polar surface area (TPSA) is 74.8 Å². The Labute approximate surface area is 118 Å². The van der Waals surface area contributed by atoms with E-state index in [-0.39, 0.29) is 5.92 Å². The molecule has 1 atom stereocenters. The molecule has 1 unspecified atom stereocenters. The first-order valence-corrected chi connectivity index (χ1v) is 8.44. The second-order valence-corrected chi connectivity index (χ2v) is 7.01. The molecular weight excluding hydrogens is 274 g/mol. The minimum atomic E-state index is -3.27. The molecule has 0 bridgehead atoms. The van der Waals surface area contributed by atoms with Crippen LogP contribution in [0, 0.1) is 6.92 Å². The van der Waals surface area contributed by atoms with Crippen molar-refractivity contribution in [3.05, 3.63) is 47.0 Å². The first-order valence-electron chi connectivity index (χ1n) is 6.55. The first-order chi connectivity index (χ1) is 9.46. The van der Waals surface area contributed by atoms with E-state index in [1.165, 1.54) is 6.26 Å². The molecule has 0 aliphatic heterocycles. The zero-order valence-corrected chi connectivity index (χ0v) is 12.3. The fourth-order valence-electron chi connectivity index (χ4n) is 2.90. The van der Waals surface area contributed by atoms with Crippen molar-refractivity contribution in [3.8, 4) is 0 Å². The lowest BCUT2D eigenvalue weighted by atomic mass is 9.98. The predicted octanol–water partition coefficient (Wildman–Crippen LogP) is 2.17. The van der Waals surface area contributed by atoms with Crippen molar-refractivity contribution in [2.75, 3.05) is 11.0 Å². The lowest BCUT2D eigenvalue weighted by Crippen LogP contribution is -2.12. The molecule has 2 N–H and O–H groups in total. The molecule has 0 amide bonds. The molecular formula is C14H17N3O2S. The molecule has 20 heavy (non-hydrogen) atoms. The third-order valence-corrected chi connectivity index (χ3v) is 4.33. The number of aryl methyl sites for hydroxylation is 1. The van der Waals surface area contributed by atoms with Gasteiger partial charge in [0.25, 0.3) is 0 Å². The number of hydrogen-bond acceptors (Lipinski definition) is 3. The van der Waals surface area contributed by atoms with Gasteiger partial charge in [0.1, 0.15) is 5.82 Å². The van der Waals surface area contributed by atoms with Crippen molar-refractivity contribution in [3.63, 3.8) is 0 Å². The molecule has 1 aromatic carbocycles. The Morgan fingerprint density at radius 1 is 1.40 bits per heavy atom. The smallest absolute Gasteiger partial charge is 0.229 e. The highest BCUT2D eigenvalue weighted by molar-refractivity contribution is 7.92. The van der Waals surface area contributed by atoms with Crippen LogP contribution in [0.4, 0.5) is 5.69 Å². The van der Waals surface area contributed by atoms with Crippen LogP contribution in [-0.2, 0) is 16.4 Å². The minimum Gasteiger partial charge on any atom is -0.348 e. The molecule has 0 radical (unpaired) electrons. The van der Waals surface area contributed by atoms with E-state index in [1.54, 1.807) is 6.20 Å². The molecule has 2 aromatic rings. The summed E-state index contributed by atoms with van der Waals surface area (Å²) >= 11 is 0. The zero-order valence-electron chi connectivity index (χ0n) is 11.5. The molecule has 5 nitrogen and oxygen atoms in total. The normalized spacial score (nSPS) is 18.0. The van der Waals surface area contributed by atoms with E-state index in [0.29, 0.717) is 0 Å². The van der Waals surface area contributed by atoms with Crippen LogP contribution < -0.4 is 4.72 Å². The summed E-state index contributed by atoms with van der Waals surface area (Å²) in [6.07, 6.45) is 6.56. The van der Waals surface area contributed by atoms with Crippen LogP contribution in [-0.4, -0.2) is 24.6 Å². The van der Waals surface area contributed by atoms with Crippen LogP contribution in [0.25, 0.3) is 0 Å². The highest BCUT2D eigenvalue weighted by Crippen LogP contribution is 2.41. The van der Waals surface area contributed by atoms with Crippen LogP contribution in [0.1, 0.15) is 34.9 Å². The maximum absolute atomic E-state index is 11.5. The van der Waals surface area contributed by atoms with Gasteiger partial charge in [-0.05, 0) is 36.5 Å². The number of fused-ring (bicyclic) bond motifs is 1. The molecule has 0 spiro atoms. The number of benzene rings is 1. The number of aromatic nitrogens is 2. The van der Waals surface area contributed by atoms with Gasteiger partial charge in [-0.25, -0.2) is 13.4 Å². The van der Waals surface area contributed by atoms with Crippen LogP contribution >= 0.6 is 0 Å². The highest BCUT2D eigenvalue weighted by Gasteiger charge is 2.28. The number of H-pyrrole nitrogens is 1. The summed E-state index contributed by atoms with van der Waals surface area (Å²) in [5.41, 5.74) is 3.95. The molecule has 0 saturated heterocycles. The van der Waals surface area contributed by atoms with Gasteiger partial charge >= 0.3 is 0 Å². The summed E-state index contributed by atoms with van der Waals surface area (Å²) in [4.78, 5) is 7.48. The minimum absolute atomic E-state index is 0.223. The van der Waals surface area contributed by atoms with Crippen molar-refractivity contribution >= 4 is 15.7 Å². The van der Waals surface area contributed by atoms with E-state index in [9.17, 15) is 8.42 Å². The summed E-state index contributed by atoms with van der Waals surface area (Å²) < 4.78 is 25.7. The maximum Gasteiger partial charge on any atom is 0.229 e. The summed E-state index contributed by atoms with van der Waals surface area (Å²) in [5.74, 6) is 1.17. The molecule has 106 valence electrons. The molecule has 0 fully saturated rings. The van der Waals surface area contributed by atoms with E-state index in [4.69, 9.17) is 0 Å². The second kappa shape index (κ2) is 4.63. The van der Waals surface area contributed by atoms with Gasteiger partial charge in [0.2, 0.25) is 10.0 Å². The van der Waals surface area contributed by atoms with Crippen LogP contribution in [0.15, 0.2) is 24.5 Å². The van der Waals surface area contributed by atoms with Crippen molar-refractivity contribution in [2.45, 2.75) is 25.7 Å². The SMILES string of the molecule is Cc1ccc2c(c1NS(C)(=O)=O)CCC2c1ncc[nH]1. The fourth-order valence-corrected chi connectivity index (χ4v) is 3.56. The van der Waals surface area contributed by atoms with Crippen molar-refractivity contribution in [1.82, 2.24) is 9.97 Å². The number of rotatable bonds is 3. The highest BCUT2D eigenvalue weighted by atomic mass is 32.2. The van der Waals surface area contributed by atoms with E-state index < -0.39 is 10.0 Å². The Morgan fingerprint density at radius 3 is 2.85 bits per heavy atom. The average Bonchev–Trinajstić information content (AvgIpc) is 2.99. The fraction of sp³-hybridized carbons (Fsp3) is 0.357. The molecule has 1 heterocycles. The summed E-state index contributed by atoms with van der Waals surface area (Å²) in [6, 6.07) is 4.05. The van der Waals surface area contributed by atoms with E-state index in [0.717, 1.165) is 41.0 Å². The number of anilines is 1. The van der Waals surface area contributed by atoms with E-state index in [2.05, 4.69) is 20.8 Å². The van der Waals surface area contributed by atoms with Crippen molar-refractivity contribution in [2.24, 2.45) is 0 Å². The second-order valence-electron chi connectivity index (χ2n) is 5.27. The predicted molar refractivity (Wildman–Crippen MR) is 78.4 cm³/mol. The zero-order chi connectivity index (χ0) is 14.3. The third-order valence-electron chi connectivity index (χ3n) is 3.75. The Morgan fingerprint density at radius 2 is 2.20 bits per heavy atom. The van der Waals surface area contributed by atoms with Gasteiger partial charge in [0, 0.05) is 18.3 Å². The lowest BCUT2D eigenvalue weighted by molar-refractivity contribution is 0.606. The first kappa shape index (κ1) is 13.2. The van der Waals surface area contributed by atoms with E-state index >= 15 is 0 Å². The average molecular weight is 291 g/mol. The Bertz CT molecular complexity index is 736. The van der Waals surface area contributed by atoms with Crippen molar-refractivity contribution < 1.29 is 8.42 Å². The Kier molecular flexibility index (Phi) is 3.05.